The fourth-order valence-electron chi connectivity index (χ4n) is 1.71. The van der Waals surface area contributed by atoms with Crippen LogP contribution in [-0.4, -0.2) is 24.3 Å². The lowest BCUT2D eigenvalue weighted by molar-refractivity contribution is 0.663. The number of aromatic nitrogens is 5. The molecule has 3 heterocycles. The van der Waals surface area contributed by atoms with Gasteiger partial charge in [0.25, 0.3) is 5.56 Å². The summed E-state index contributed by atoms with van der Waals surface area (Å²) in [5, 5.41) is 9.61. The molecule has 0 saturated carbocycles. The SMILES string of the molecule is Cn1cnnc1Cn1c(=S)[nH]c2ccsc2c1=O. The van der Waals surface area contributed by atoms with Crippen molar-refractivity contribution in [2.24, 2.45) is 7.05 Å². The number of nitrogens with zero attached hydrogens (tertiary/aromatic N) is 4. The monoisotopic (exact) mass is 279 g/mol. The van der Waals surface area contributed by atoms with Crippen molar-refractivity contribution in [1.82, 2.24) is 24.3 Å². The zero-order valence-electron chi connectivity index (χ0n) is 9.45. The molecule has 0 unspecified atom stereocenters. The Labute approximate surface area is 111 Å². The molecule has 0 aliphatic carbocycles. The molecule has 8 heteroatoms. The van der Waals surface area contributed by atoms with E-state index in [9.17, 15) is 4.79 Å². The number of fused-ring (bicyclic) bond motifs is 1. The number of H-pyrrole nitrogens is 1. The van der Waals surface area contributed by atoms with Crippen LogP contribution < -0.4 is 5.56 Å². The largest absolute Gasteiger partial charge is 0.331 e. The molecule has 18 heavy (non-hydrogen) atoms. The molecular formula is C10H9N5OS2. The highest BCUT2D eigenvalue weighted by Gasteiger charge is 2.09. The maximum absolute atomic E-state index is 12.3. The van der Waals surface area contributed by atoms with Crippen LogP contribution in [0.5, 0.6) is 0 Å². The summed E-state index contributed by atoms with van der Waals surface area (Å²) >= 11 is 6.60. The first-order chi connectivity index (χ1) is 8.66. The van der Waals surface area contributed by atoms with Crippen molar-refractivity contribution >= 4 is 33.8 Å². The number of hydrogen-bond acceptors (Lipinski definition) is 5. The van der Waals surface area contributed by atoms with Gasteiger partial charge in [0.1, 0.15) is 11.0 Å². The molecule has 92 valence electrons. The third-order valence-corrected chi connectivity index (χ3v) is 3.92. The van der Waals surface area contributed by atoms with Crippen LogP contribution >= 0.6 is 23.6 Å². The summed E-state index contributed by atoms with van der Waals surface area (Å²) in [5.41, 5.74) is 0.691. The van der Waals surface area contributed by atoms with Gasteiger partial charge >= 0.3 is 0 Å². The van der Waals surface area contributed by atoms with Crippen molar-refractivity contribution in [2.75, 3.05) is 0 Å². The van der Waals surface area contributed by atoms with E-state index < -0.39 is 0 Å². The van der Waals surface area contributed by atoms with Gasteiger partial charge < -0.3 is 9.55 Å². The van der Waals surface area contributed by atoms with E-state index in [-0.39, 0.29) is 5.56 Å². The van der Waals surface area contributed by atoms with E-state index in [2.05, 4.69) is 15.2 Å². The van der Waals surface area contributed by atoms with Crippen LogP contribution in [0, 0.1) is 4.77 Å². The van der Waals surface area contributed by atoms with Crippen molar-refractivity contribution in [3.05, 3.63) is 38.7 Å². The number of nitrogens with one attached hydrogen (secondary N) is 1. The predicted octanol–water partition coefficient (Wildman–Crippen LogP) is 1.30. The van der Waals surface area contributed by atoms with Gasteiger partial charge in [0.05, 0.1) is 12.1 Å². The van der Waals surface area contributed by atoms with E-state index in [1.165, 1.54) is 15.9 Å². The minimum Gasteiger partial charge on any atom is -0.331 e. The lowest BCUT2D eigenvalue weighted by atomic mass is 10.4. The van der Waals surface area contributed by atoms with Crippen LogP contribution in [0.4, 0.5) is 0 Å². The molecule has 0 amide bonds. The summed E-state index contributed by atoms with van der Waals surface area (Å²) in [7, 11) is 1.83. The summed E-state index contributed by atoms with van der Waals surface area (Å²) in [5.74, 6) is 0.688. The fraction of sp³-hybridized carbons (Fsp3) is 0.200. The Morgan fingerprint density at radius 1 is 1.56 bits per heavy atom. The van der Waals surface area contributed by atoms with Crippen LogP contribution in [-0.2, 0) is 13.6 Å². The molecule has 6 nitrogen and oxygen atoms in total. The minimum absolute atomic E-state index is 0.0910. The molecular weight excluding hydrogens is 270 g/mol. The van der Waals surface area contributed by atoms with Crippen LogP contribution in [0.25, 0.3) is 10.2 Å². The molecule has 0 radical (unpaired) electrons. The first-order valence-corrected chi connectivity index (χ1v) is 6.49. The normalized spacial score (nSPS) is 11.2. The molecule has 1 N–H and O–H groups in total. The van der Waals surface area contributed by atoms with E-state index in [0.29, 0.717) is 21.8 Å². The molecule has 3 rings (SSSR count). The molecule has 3 aromatic rings. The molecule has 0 atom stereocenters. The van der Waals surface area contributed by atoms with Crippen molar-refractivity contribution in [2.45, 2.75) is 6.54 Å². The first-order valence-electron chi connectivity index (χ1n) is 5.20. The van der Waals surface area contributed by atoms with Gasteiger partial charge in [0.15, 0.2) is 10.6 Å². The van der Waals surface area contributed by atoms with E-state index in [4.69, 9.17) is 12.2 Å². The summed E-state index contributed by atoms with van der Waals surface area (Å²) < 4.78 is 4.33. The lowest BCUT2D eigenvalue weighted by Gasteiger charge is -2.05. The van der Waals surface area contributed by atoms with Gasteiger partial charge in [-0.05, 0) is 23.7 Å². The summed E-state index contributed by atoms with van der Waals surface area (Å²) in [6.07, 6.45) is 1.59. The molecule has 0 fully saturated rings. The fourth-order valence-corrected chi connectivity index (χ4v) is 2.76. The van der Waals surface area contributed by atoms with Crippen LogP contribution in [0.3, 0.4) is 0 Å². The number of aryl methyl sites for hydroxylation is 1. The maximum Gasteiger partial charge on any atom is 0.272 e. The van der Waals surface area contributed by atoms with E-state index in [0.717, 1.165) is 5.52 Å². The minimum atomic E-state index is -0.0910. The quantitative estimate of drug-likeness (QED) is 0.718. The molecule has 0 bridgehead atoms. The summed E-state index contributed by atoms with van der Waals surface area (Å²) in [6, 6.07) is 1.85. The smallest absolute Gasteiger partial charge is 0.272 e. The topological polar surface area (TPSA) is 68.5 Å². The van der Waals surface area contributed by atoms with Crippen LogP contribution in [0.2, 0.25) is 0 Å². The first kappa shape index (κ1) is 11.3. The van der Waals surface area contributed by atoms with Gasteiger partial charge in [0.2, 0.25) is 0 Å². The highest BCUT2D eigenvalue weighted by atomic mass is 32.1. The van der Waals surface area contributed by atoms with E-state index >= 15 is 0 Å². The average Bonchev–Trinajstić information content (AvgIpc) is 2.94. The Hall–Kier alpha value is -1.80. The number of rotatable bonds is 2. The van der Waals surface area contributed by atoms with E-state index in [1.807, 2.05) is 18.5 Å². The van der Waals surface area contributed by atoms with Crippen molar-refractivity contribution in [3.63, 3.8) is 0 Å². The average molecular weight is 279 g/mol. The lowest BCUT2D eigenvalue weighted by Crippen LogP contribution is -2.23. The Kier molecular flexibility index (Phi) is 2.60. The molecule has 0 saturated heterocycles. The van der Waals surface area contributed by atoms with Gasteiger partial charge in [-0.1, -0.05) is 0 Å². The third-order valence-electron chi connectivity index (χ3n) is 2.70. The molecule has 0 aliphatic rings. The Bertz CT molecular complexity index is 825. The predicted molar refractivity (Wildman–Crippen MR) is 71.4 cm³/mol. The second kappa shape index (κ2) is 4.14. The number of aromatic amines is 1. The second-order valence-electron chi connectivity index (χ2n) is 3.84. The maximum atomic E-state index is 12.3. The van der Waals surface area contributed by atoms with Crippen molar-refractivity contribution in [1.29, 1.82) is 0 Å². The molecule has 0 aliphatic heterocycles. The van der Waals surface area contributed by atoms with Gasteiger partial charge in [-0.2, -0.15) is 0 Å². The molecule has 0 aromatic carbocycles. The molecule has 3 aromatic heterocycles. The van der Waals surface area contributed by atoms with Crippen molar-refractivity contribution in [3.8, 4) is 0 Å². The van der Waals surface area contributed by atoms with Gasteiger partial charge in [-0.25, -0.2) is 0 Å². The Morgan fingerprint density at radius 3 is 3.11 bits per heavy atom. The Morgan fingerprint density at radius 2 is 2.39 bits per heavy atom. The van der Waals surface area contributed by atoms with Crippen molar-refractivity contribution < 1.29 is 0 Å². The zero-order chi connectivity index (χ0) is 12.7. The second-order valence-corrected chi connectivity index (χ2v) is 5.15. The van der Waals surface area contributed by atoms with Gasteiger partial charge in [0, 0.05) is 7.05 Å². The standard InChI is InChI=1S/C10H9N5OS2/c1-14-5-11-13-7(14)4-15-9(16)8-6(2-3-18-8)12-10(15)17/h2-3,5H,4H2,1H3,(H,12,17). The number of hydrogen-bond donors (Lipinski definition) is 1. The summed E-state index contributed by atoms with van der Waals surface area (Å²) in [4.78, 5) is 15.3. The number of thiophene rings is 1. The van der Waals surface area contributed by atoms with Gasteiger partial charge in [-0.15, -0.1) is 21.5 Å². The third kappa shape index (κ3) is 1.70. The van der Waals surface area contributed by atoms with E-state index in [1.54, 1.807) is 10.9 Å². The van der Waals surface area contributed by atoms with Crippen LogP contribution in [0.15, 0.2) is 22.6 Å². The van der Waals surface area contributed by atoms with Gasteiger partial charge in [-0.3, -0.25) is 9.36 Å². The van der Waals surface area contributed by atoms with Crippen LogP contribution in [0.1, 0.15) is 5.82 Å². The highest BCUT2D eigenvalue weighted by molar-refractivity contribution is 7.71. The molecule has 0 spiro atoms. The summed E-state index contributed by atoms with van der Waals surface area (Å²) in [6.45, 7) is 0.318. The Balaban J connectivity index is 2.20. The highest BCUT2D eigenvalue weighted by Crippen LogP contribution is 2.14. The zero-order valence-corrected chi connectivity index (χ0v) is 11.1.